The molecule has 1 spiro atoms. The lowest BCUT2D eigenvalue weighted by atomic mass is 9.89. The molecule has 1 aliphatic carbocycles. The summed E-state index contributed by atoms with van der Waals surface area (Å²) in [6.45, 7) is 1.79. The molecule has 3 N–H and O–H groups in total. The third kappa shape index (κ3) is 3.19. The van der Waals surface area contributed by atoms with Crippen molar-refractivity contribution in [3.63, 3.8) is 0 Å². The molecule has 1 fully saturated rings. The second-order valence-electron chi connectivity index (χ2n) is 7.00. The second-order valence-corrected chi connectivity index (χ2v) is 7.00. The molecule has 1 aliphatic heterocycles. The Balaban J connectivity index is 1.88. The van der Waals surface area contributed by atoms with Crippen molar-refractivity contribution >= 4 is 29.2 Å². The molecule has 1 unspecified atom stereocenters. The van der Waals surface area contributed by atoms with Gasteiger partial charge in [-0.2, -0.15) is 0 Å². The summed E-state index contributed by atoms with van der Waals surface area (Å²) in [4.78, 5) is 38.8. The van der Waals surface area contributed by atoms with Crippen LogP contribution in [-0.4, -0.2) is 41.0 Å². The first-order chi connectivity index (χ1) is 12.5. The van der Waals surface area contributed by atoms with E-state index < -0.39 is 17.6 Å². The standard InChI is InChI=1S/C19H25N3O4/c1-2-7-14(17(24)25)20-12-16(23)22-15-9-4-3-8-13(15)21-18(26)19(22)10-5-6-11-19/h3-4,8-9,14,20H,2,5-7,10-12H2,1H3,(H,21,26)(H,24,25). The molecule has 0 radical (unpaired) electrons. The monoisotopic (exact) mass is 359 g/mol. The SMILES string of the molecule is CCCC(NCC(=O)N1c2ccccc2NC(=O)C12CCCC2)C(=O)O. The number of hydrogen-bond acceptors (Lipinski definition) is 4. The Labute approximate surface area is 152 Å². The number of carbonyl (C=O) groups excluding carboxylic acids is 2. The highest BCUT2D eigenvalue weighted by molar-refractivity contribution is 6.15. The van der Waals surface area contributed by atoms with Gasteiger partial charge in [-0.05, 0) is 31.4 Å². The van der Waals surface area contributed by atoms with Crippen LogP contribution in [0.15, 0.2) is 24.3 Å². The fourth-order valence-electron chi connectivity index (χ4n) is 4.02. The maximum atomic E-state index is 13.1. The van der Waals surface area contributed by atoms with Gasteiger partial charge in [0.1, 0.15) is 11.6 Å². The summed E-state index contributed by atoms with van der Waals surface area (Å²) in [6.07, 6.45) is 4.18. The lowest BCUT2D eigenvalue weighted by Gasteiger charge is -2.44. The Morgan fingerprint density at radius 1 is 1.31 bits per heavy atom. The fourth-order valence-corrected chi connectivity index (χ4v) is 4.02. The quantitative estimate of drug-likeness (QED) is 0.723. The Bertz CT molecular complexity index is 712. The summed E-state index contributed by atoms with van der Waals surface area (Å²) in [7, 11) is 0. The van der Waals surface area contributed by atoms with E-state index in [0.717, 1.165) is 12.8 Å². The largest absolute Gasteiger partial charge is 0.480 e. The minimum Gasteiger partial charge on any atom is -0.480 e. The number of carbonyl (C=O) groups is 3. The highest BCUT2D eigenvalue weighted by atomic mass is 16.4. The van der Waals surface area contributed by atoms with Gasteiger partial charge in [-0.1, -0.05) is 38.3 Å². The number of para-hydroxylation sites is 2. The first kappa shape index (κ1) is 18.4. The Hall–Kier alpha value is -2.41. The Morgan fingerprint density at radius 2 is 2.00 bits per heavy atom. The molecule has 1 aromatic carbocycles. The van der Waals surface area contributed by atoms with Gasteiger partial charge in [-0.25, -0.2) is 0 Å². The molecular formula is C19H25N3O4. The number of benzene rings is 1. The lowest BCUT2D eigenvalue weighted by molar-refractivity contribution is -0.139. The fraction of sp³-hybridized carbons (Fsp3) is 0.526. The van der Waals surface area contributed by atoms with E-state index in [0.29, 0.717) is 37.1 Å². The van der Waals surface area contributed by atoms with Crippen LogP contribution in [0.5, 0.6) is 0 Å². The number of hydrogen-bond donors (Lipinski definition) is 3. The third-order valence-corrected chi connectivity index (χ3v) is 5.30. The minimum absolute atomic E-state index is 0.111. The predicted molar refractivity (Wildman–Crippen MR) is 98.1 cm³/mol. The van der Waals surface area contributed by atoms with Gasteiger partial charge < -0.3 is 10.4 Å². The maximum Gasteiger partial charge on any atom is 0.320 e. The van der Waals surface area contributed by atoms with Crippen LogP contribution in [-0.2, 0) is 14.4 Å². The van der Waals surface area contributed by atoms with E-state index in [4.69, 9.17) is 0 Å². The van der Waals surface area contributed by atoms with E-state index in [9.17, 15) is 19.5 Å². The van der Waals surface area contributed by atoms with Crippen LogP contribution in [0.2, 0.25) is 0 Å². The molecule has 7 nitrogen and oxygen atoms in total. The van der Waals surface area contributed by atoms with Gasteiger partial charge in [0.25, 0.3) is 5.91 Å². The number of nitrogens with one attached hydrogen (secondary N) is 2. The van der Waals surface area contributed by atoms with E-state index >= 15 is 0 Å². The van der Waals surface area contributed by atoms with Gasteiger partial charge in [-0.15, -0.1) is 0 Å². The van der Waals surface area contributed by atoms with Crippen molar-refractivity contribution < 1.29 is 19.5 Å². The molecule has 2 aliphatic rings. The summed E-state index contributed by atoms with van der Waals surface area (Å²) in [5.41, 5.74) is 0.436. The number of nitrogens with zero attached hydrogens (tertiary/aromatic N) is 1. The Morgan fingerprint density at radius 3 is 2.65 bits per heavy atom. The average molecular weight is 359 g/mol. The number of anilines is 2. The summed E-state index contributed by atoms with van der Waals surface area (Å²) in [6, 6.07) is 6.49. The molecule has 0 bridgehead atoms. The average Bonchev–Trinajstić information content (AvgIpc) is 3.09. The number of aliphatic carboxylic acids is 1. The topological polar surface area (TPSA) is 98.7 Å². The van der Waals surface area contributed by atoms with Crippen LogP contribution in [0, 0.1) is 0 Å². The van der Waals surface area contributed by atoms with Crippen molar-refractivity contribution in [1.82, 2.24) is 5.32 Å². The lowest BCUT2D eigenvalue weighted by Crippen LogP contribution is -2.62. The van der Waals surface area contributed by atoms with E-state index in [1.54, 1.807) is 11.0 Å². The molecule has 0 aromatic heterocycles. The zero-order chi connectivity index (χ0) is 18.7. The Kier molecular flexibility index (Phi) is 5.27. The summed E-state index contributed by atoms with van der Waals surface area (Å²) < 4.78 is 0. The van der Waals surface area contributed by atoms with Gasteiger partial charge in [0, 0.05) is 0 Å². The van der Waals surface area contributed by atoms with E-state index in [-0.39, 0.29) is 18.4 Å². The number of rotatable bonds is 6. The zero-order valence-electron chi connectivity index (χ0n) is 15.0. The van der Waals surface area contributed by atoms with E-state index in [1.165, 1.54) is 0 Å². The van der Waals surface area contributed by atoms with Gasteiger partial charge in [0.05, 0.1) is 17.9 Å². The second kappa shape index (κ2) is 7.45. The van der Waals surface area contributed by atoms with Crippen LogP contribution in [0.4, 0.5) is 11.4 Å². The van der Waals surface area contributed by atoms with Gasteiger partial charge in [-0.3, -0.25) is 24.6 Å². The van der Waals surface area contributed by atoms with Crippen molar-refractivity contribution in [2.24, 2.45) is 0 Å². The van der Waals surface area contributed by atoms with E-state index in [1.807, 2.05) is 25.1 Å². The molecule has 140 valence electrons. The summed E-state index contributed by atoms with van der Waals surface area (Å²) >= 11 is 0. The summed E-state index contributed by atoms with van der Waals surface area (Å²) in [5, 5.41) is 15.1. The van der Waals surface area contributed by atoms with Crippen molar-refractivity contribution in [3.8, 4) is 0 Å². The summed E-state index contributed by atoms with van der Waals surface area (Å²) in [5.74, 6) is -1.38. The van der Waals surface area contributed by atoms with Crippen molar-refractivity contribution in [3.05, 3.63) is 24.3 Å². The van der Waals surface area contributed by atoms with Crippen molar-refractivity contribution in [2.45, 2.75) is 57.0 Å². The van der Waals surface area contributed by atoms with Crippen LogP contribution < -0.4 is 15.5 Å². The number of fused-ring (bicyclic) bond motifs is 1. The van der Waals surface area contributed by atoms with Gasteiger partial charge in [0.2, 0.25) is 5.91 Å². The molecule has 1 atom stereocenters. The van der Waals surface area contributed by atoms with Crippen LogP contribution >= 0.6 is 0 Å². The molecule has 1 saturated carbocycles. The highest BCUT2D eigenvalue weighted by Crippen LogP contribution is 2.45. The molecule has 1 aromatic rings. The molecule has 0 saturated heterocycles. The van der Waals surface area contributed by atoms with Crippen molar-refractivity contribution in [1.29, 1.82) is 0 Å². The van der Waals surface area contributed by atoms with Crippen molar-refractivity contribution in [2.75, 3.05) is 16.8 Å². The number of carboxylic acid groups (broad SMARTS) is 1. The van der Waals surface area contributed by atoms with Gasteiger partial charge >= 0.3 is 5.97 Å². The third-order valence-electron chi connectivity index (χ3n) is 5.30. The van der Waals surface area contributed by atoms with E-state index in [2.05, 4.69) is 10.6 Å². The molecule has 2 amide bonds. The normalized spacial score (nSPS) is 19.1. The highest BCUT2D eigenvalue weighted by Gasteiger charge is 2.52. The maximum absolute atomic E-state index is 13.1. The van der Waals surface area contributed by atoms with Crippen LogP contribution in [0.1, 0.15) is 45.4 Å². The minimum atomic E-state index is -0.966. The van der Waals surface area contributed by atoms with Crippen LogP contribution in [0.25, 0.3) is 0 Å². The zero-order valence-corrected chi connectivity index (χ0v) is 15.0. The predicted octanol–water partition coefficient (Wildman–Crippen LogP) is 2.13. The first-order valence-corrected chi connectivity index (χ1v) is 9.19. The first-order valence-electron chi connectivity index (χ1n) is 9.19. The number of amides is 2. The molecule has 3 rings (SSSR count). The smallest absolute Gasteiger partial charge is 0.320 e. The molecular weight excluding hydrogens is 334 g/mol. The van der Waals surface area contributed by atoms with Gasteiger partial charge in [0.15, 0.2) is 0 Å². The van der Waals surface area contributed by atoms with Crippen LogP contribution in [0.3, 0.4) is 0 Å². The molecule has 26 heavy (non-hydrogen) atoms. The number of carboxylic acids is 1. The molecule has 1 heterocycles. The molecule has 7 heteroatoms.